The van der Waals surface area contributed by atoms with Crippen LogP contribution < -0.4 is 0 Å². The van der Waals surface area contributed by atoms with Gasteiger partial charge in [0.15, 0.2) is 11.3 Å². The molecule has 5 nitrogen and oxygen atoms in total. The lowest BCUT2D eigenvalue weighted by molar-refractivity contribution is -0.290. The van der Waals surface area contributed by atoms with Crippen LogP contribution >= 0.6 is 0 Å². The van der Waals surface area contributed by atoms with Gasteiger partial charge in [-0.1, -0.05) is 20.8 Å². The maximum Gasteiger partial charge on any atom is 0.417 e. The number of aromatic nitrogens is 2. The Kier molecular flexibility index (Phi) is 6.31. The first-order chi connectivity index (χ1) is 16.8. The average molecular weight is 508 g/mol. The summed E-state index contributed by atoms with van der Waals surface area (Å²) in [5, 5.41) is 34.8. The minimum Gasteiger partial charge on any atom is -0.391 e. The quantitative estimate of drug-likeness (QED) is 0.547. The number of nitrogens with zero attached hydrogens (tertiary/aromatic N) is 3. The Labute approximate surface area is 212 Å². The predicted molar refractivity (Wildman–Crippen MR) is 128 cm³/mol. The van der Waals surface area contributed by atoms with E-state index >= 15 is 0 Å². The number of nitriles is 1. The Balaban J connectivity index is 1.30. The van der Waals surface area contributed by atoms with Crippen LogP contribution in [0.2, 0.25) is 0 Å². The molecule has 36 heavy (non-hydrogen) atoms. The number of aliphatic hydroxyl groups is 2. The normalized spacial score (nSPS) is 44.1. The Morgan fingerprint density at radius 1 is 1.11 bits per heavy atom. The Hall–Kier alpha value is -1.59. The van der Waals surface area contributed by atoms with Gasteiger partial charge in [-0.05, 0) is 110 Å². The molecule has 0 unspecified atom stereocenters. The van der Waals surface area contributed by atoms with Crippen LogP contribution in [0.25, 0.3) is 0 Å². The van der Waals surface area contributed by atoms with Crippen molar-refractivity contribution in [2.45, 2.75) is 103 Å². The minimum atomic E-state index is -4.56. The van der Waals surface area contributed by atoms with Gasteiger partial charge >= 0.3 is 6.18 Å². The van der Waals surface area contributed by atoms with E-state index in [1.54, 1.807) is 16.9 Å². The molecule has 4 fully saturated rings. The van der Waals surface area contributed by atoms with Crippen molar-refractivity contribution in [2.24, 2.45) is 46.3 Å². The first kappa shape index (κ1) is 26.0. The molecule has 4 saturated carbocycles. The molecule has 0 saturated heterocycles. The zero-order valence-electron chi connectivity index (χ0n) is 21.6. The smallest absolute Gasteiger partial charge is 0.391 e. The minimum absolute atomic E-state index is 0.0752. The summed E-state index contributed by atoms with van der Waals surface area (Å²) in [4.78, 5) is 0. The van der Waals surface area contributed by atoms with Crippen molar-refractivity contribution in [3.63, 3.8) is 0 Å². The van der Waals surface area contributed by atoms with Gasteiger partial charge in [0.05, 0.1) is 12.6 Å². The van der Waals surface area contributed by atoms with Crippen molar-refractivity contribution in [1.29, 1.82) is 5.26 Å². The van der Waals surface area contributed by atoms with Gasteiger partial charge in [0, 0.05) is 6.20 Å². The highest BCUT2D eigenvalue weighted by Gasteiger charge is 2.65. The summed E-state index contributed by atoms with van der Waals surface area (Å²) in [6.07, 6.45) is 2.73. The van der Waals surface area contributed by atoms with Gasteiger partial charge in [0.1, 0.15) is 6.07 Å². The number of halogens is 3. The van der Waals surface area contributed by atoms with Crippen LogP contribution in [0.1, 0.15) is 84.3 Å². The molecular formula is C28H40F3N3O2. The summed E-state index contributed by atoms with van der Waals surface area (Å²) in [6, 6.07) is 3.68. The average Bonchev–Trinajstić information content (AvgIpc) is 3.41. The van der Waals surface area contributed by atoms with Gasteiger partial charge < -0.3 is 10.2 Å². The van der Waals surface area contributed by atoms with Crippen molar-refractivity contribution >= 4 is 0 Å². The van der Waals surface area contributed by atoms with Crippen LogP contribution in [-0.2, 0) is 6.54 Å². The standard InChI is InChI=1S/C28H40F3N3O2/c1-17(24(35)16-34-13-9-19(15-32)33-34)21-6-7-22-20-5-4-18-14-27(36,28(29,30)31)12-11-25(18,2)23(20)8-10-26(21,22)3/h9,13,17-18,20-24,35-36H,4-8,10-12,14,16H2,1-3H3/t17-,18+,20-,21+,22-,23-,24+,25-,26+,27+/m0/s1. The van der Waals surface area contributed by atoms with Crippen molar-refractivity contribution in [3.8, 4) is 6.07 Å². The van der Waals surface area contributed by atoms with Crippen molar-refractivity contribution in [2.75, 3.05) is 0 Å². The van der Waals surface area contributed by atoms with E-state index in [4.69, 9.17) is 5.26 Å². The van der Waals surface area contributed by atoms with Crippen molar-refractivity contribution in [3.05, 3.63) is 18.0 Å². The number of rotatable bonds is 4. The second-order valence-electron chi connectivity index (χ2n) is 13.1. The van der Waals surface area contributed by atoms with Crippen LogP contribution in [0, 0.1) is 57.7 Å². The molecule has 0 amide bonds. The van der Waals surface area contributed by atoms with E-state index < -0.39 is 17.9 Å². The maximum absolute atomic E-state index is 13.6. The van der Waals surface area contributed by atoms with Gasteiger partial charge in [-0.15, -0.1) is 0 Å². The summed E-state index contributed by atoms with van der Waals surface area (Å²) in [5.74, 6) is 1.87. The van der Waals surface area contributed by atoms with E-state index in [1.165, 1.54) is 0 Å². The topological polar surface area (TPSA) is 82.1 Å². The van der Waals surface area contributed by atoms with Crippen LogP contribution in [0.3, 0.4) is 0 Å². The van der Waals surface area contributed by atoms with Crippen molar-refractivity contribution < 1.29 is 23.4 Å². The fourth-order valence-electron chi connectivity index (χ4n) is 9.56. The largest absolute Gasteiger partial charge is 0.417 e. The third kappa shape index (κ3) is 3.91. The molecule has 1 aromatic heterocycles. The third-order valence-corrected chi connectivity index (χ3v) is 11.7. The molecule has 0 aromatic carbocycles. The lowest BCUT2D eigenvalue weighted by Gasteiger charge is -2.62. The number of aliphatic hydroxyl groups excluding tert-OH is 1. The Morgan fingerprint density at radius 3 is 2.50 bits per heavy atom. The second kappa shape index (κ2) is 8.73. The highest BCUT2D eigenvalue weighted by Crippen LogP contribution is 2.69. The number of hydrogen-bond acceptors (Lipinski definition) is 4. The van der Waals surface area contributed by atoms with Crippen molar-refractivity contribution in [1.82, 2.24) is 9.78 Å². The molecule has 4 aliphatic rings. The third-order valence-electron chi connectivity index (χ3n) is 11.7. The summed E-state index contributed by atoms with van der Waals surface area (Å²) in [7, 11) is 0. The van der Waals surface area contributed by atoms with Crippen LogP contribution in [0.15, 0.2) is 12.3 Å². The number of hydrogen-bond donors (Lipinski definition) is 2. The first-order valence-electron chi connectivity index (χ1n) is 13.7. The zero-order valence-corrected chi connectivity index (χ0v) is 21.6. The highest BCUT2D eigenvalue weighted by atomic mass is 19.4. The van der Waals surface area contributed by atoms with E-state index in [9.17, 15) is 23.4 Å². The summed E-state index contributed by atoms with van der Waals surface area (Å²) >= 11 is 0. The molecule has 0 spiro atoms. The van der Waals surface area contributed by atoms with Gasteiger partial charge in [-0.2, -0.15) is 23.5 Å². The Bertz CT molecular complexity index is 1020. The van der Waals surface area contributed by atoms with E-state index in [-0.39, 0.29) is 35.5 Å². The summed E-state index contributed by atoms with van der Waals surface area (Å²) in [5.41, 5.74) is -2.20. The SMILES string of the molecule is C[C@H]([C@H](O)Cn1ccc(C#N)n1)[C@H]1CC[C@H]2[C@@H]3CC[C@@H]4C[C@@](O)(C(F)(F)F)CC[C@]4(C)[C@H]3CC[C@]12C. The molecule has 0 bridgehead atoms. The molecule has 1 heterocycles. The summed E-state index contributed by atoms with van der Waals surface area (Å²) < 4.78 is 42.5. The highest BCUT2D eigenvalue weighted by molar-refractivity contribution is 5.17. The maximum atomic E-state index is 13.6. The molecule has 8 heteroatoms. The Morgan fingerprint density at radius 2 is 1.83 bits per heavy atom. The monoisotopic (exact) mass is 507 g/mol. The van der Waals surface area contributed by atoms with Crippen LogP contribution in [-0.4, -0.2) is 37.9 Å². The number of fused-ring (bicyclic) bond motifs is 5. The van der Waals surface area contributed by atoms with Gasteiger partial charge in [0.2, 0.25) is 0 Å². The molecule has 1 aromatic rings. The molecule has 10 atom stereocenters. The lowest BCUT2D eigenvalue weighted by atomic mass is 9.43. The fourth-order valence-corrected chi connectivity index (χ4v) is 9.56. The molecule has 0 aliphatic heterocycles. The lowest BCUT2D eigenvalue weighted by Crippen LogP contribution is -2.59. The first-order valence-corrected chi connectivity index (χ1v) is 13.7. The number of alkyl halides is 3. The van der Waals surface area contributed by atoms with Gasteiger partial charge in [0.25, 0.3) is 0 Å². The molecule has 200 valence electrons. The van der Waals surface area contributed by atoms with Crippen LogP contribution in [0.5, 0.6) is 0 Å². The predicted octanol–water partition coefficient (Wildman–Crippen LogP) is 5.70. The second-order valence-corrected chi connectivity index (χ2v) is 13.1. The molecule has 0 radical (unpaired) electrons. The molecular weight excluding hydrogens is 467 g/mol. The zero-order chi connectivity index (χ0) is 26.1. The van der Waals surface area contributed by atoms with E-state index in [0.29, 0.717) is 42.3 Å². The molecule has 2 N–H and O–H groups in total. The van der Waals surface area contributed by atoms with E-state index in [1.807, 2.05) is 6.07 Å². The van der Waals surface area contributed by atoms with E-state index in [0.717, 1.165) is 38.5 Å². The fraction of sp³-hybridized carbons (Fsp3) is 0.857. The summed E-state index contributed by atoms with van der Waals surface area (Å²) in [6.45, 7) is 7.12. The van der Waals surface area contributed by atoms with Crippen LogP contribution in [0.4, 0.5) is 13.2 Å². The molecule has 5 rings (SSSR count). The van der Waals surface area contributed by atoms with Gasteiger partial charge in [-0.3, -0.25) is 4.68 Å². The van der Waals surface area contributed by atoms with E-state index in [2.05, 4.69) is 25.9 Å². The van der Waals surface area contributed by atoms with Gasteiger partial charge in [-0.25, -0.2) is 0 Å². The molecule has 4 aliphatic carbocycles.